The first kappa shape index (κ1) is 26.4. The van der Waals surface area contributed by atoms with Gasteiger partial charge in [0.1, 0.15) is 23.0 Å². The van der Waals surface area contributed by atoms with Gasteiger partial charge in [-0.3, -0.25) is 4.79 Å². The van der Waals surface area contributed by atoms with Gasteiger partial charge in [0.2, 0.25) is 5.91 Å². The van der Waals surface area contributed by atoms with Crippen LogP contribution < -0.4 is 9.47 Å². The first-order valence-electron chi connectivity index (χ1n) is 11.0. The Kier molecular flexibility index (Phi) is 9.39. The van der Waals surface area contributed by atoms with Crippen molar-refractivity contribution in [3.05, 3.63) is 74.9 Å². The molecule has 0 atom stereocenters. The van der Waals surface area contributed by atoms with Crippen LogP contribution in [0, 0.1) is 0 Å². The Labute approximate surface area is 213 Å². The van der Waals surface area contributed by atoms with Crippen LogP contribution in [-0.4, -0.2) is 35.7 Å². The lowest BCUT2D eigenvalue weighted by Crippen LogP contribution is -2.14. The molecule has 184 valence electrons. The zero-order valence-corrected chi connectivity index (χ0v) is 21.2. The van der Waals surface area contributed by atoms with E-state index in [0.29, 0.717) is 33.4 Å². The van der Waals surface area contributed by atoms with E-state index < -0.39 is 5.97 Å². The van der Waals surface area contributed by atoms with E-state index in [-0.39, 0.29) is 41.9 Å². The summed E-state index contributed by atoms with van der Waals surface area (Å²) in [5, 5.41) is 11.5. The predicted octanol–water partition coefficient (Wildman–Crippen LogP) is 6.12. The van der Waals surface area contributed by atoms with Crippen LogP contribution in [0.4, 0.5) is 0 Å². The number of carbonyl (C=O) groups excluding carboxylic acids is 2. The molecule has 0 spiro atoms. The number of halogens is 1. The number of ether oxygens (including phenoxy) is 3. The van der Waals surface area contributed by atoms with Crippen molar-refractivity contribution in [3.8, 4) is 11.5 Å². The summed E-state index contributed by atoms with van der Waals surface area (Å²) in [6.07, 6.45) is 2.54. The van der Waals surface area contributed by atoms with E-state index in [0.717, 1.165) is 17.3 Å². The third kappa shape index (κ3) is 6.68. The second kappa shape index (κ2) is 12.5. The van der Waals surface area contributed by atoms with Crippen molar-refractivity contribution >= 4 is 46.4 Å². The fraction of sp³-hybridized carbons (Fsp3) is 0.269. The lowest BCUT2D eigenvalue weighted by Gasteiger charge is -2.12. The molecule has 0 aromatic heterocycles. The quantitative estimate of drug-likeness (QED) is 0.402. The zero-order chi connectivity index (χ0) is 25.4. The average molecular weight is 516 g/mol. The van der Waals surface area contributed by atoms with Gasteiger partial charge in [0.05, 0.1) is 18.6 Å². The molecule has 35 heavy (non-hydrogen) atoms. The lowest BCUT2D eigenvalue weighted by molar-refractivity contribution is -0.138. The van der Waals surface area contributed by atoms with E-state index in [1.165, 1.54) is 7.11 Å². The molecular formula is C26H26ClNO6S. The molecule has 7 nitrogen and oxygen atoms in total. The fourth-order valence-corrected chi connectivity index (χ4v) is 4.41. The normalized spacial score (nSPS) is 15.5. The number of nitrogens with zero attached hydrogens (tertiary/aromatic N) is 1. The fourth-order valence-electron chi connectivity index (χ4n) is 3.19. The summed E-state index contributed by atoms with van der Waals surface area (Å²) in [7, 11) is 1.53. The molecule has 0 unspecified atom stereocenters. The van der Waals surface area contributed by atoms with Crippen LogP contribution in [0.15, 0.2) is 63.7 Å². The van der Waals surface area contributed by atoms with Crippen molar-refractivity contribution < 1.29 is 28.9 Å². The first-order chi connectivity index (χ1) is 16.9. The lowest BCUT2D eigenvalue weighted by atomic mass is 10.1. The van der Waals surface area contributed by atoms with Gasteiger partial charge in [0, 0.05) is 17.0 Å². The summed E-state index contributed by atoms with van der Waals surface area (Å²) in [6.45, 7) is 3.92. The minimum Gasteiger partial charge on any atom is -0.506 e. The molecule has 0 bridgehead atoms. The largest absolute Gasteiger partial charge is 0.506 e. The second-order valence-electron chi connectivity index (χ2n) is 7.41. The van der Waals surface area contributed by atoms with Crippen molar-refractivity contribution in [2.45, 2.75) is 33.3 Å². The predicted molar refractivity (Wildman–Crippen MR) is 138 cm³/mol. The molecule has 0 aliphatic carbocycles. The highest BCUT2D eigenvalue weighted by Crippen LogP contribution is 2.40. The molecule has 9 heteroatoms. The van der Waals surface area contributed by atoms with Gasteiger partial charge in [-0.15, -0.1) is 0 Å². The molecule has 1 aliphatic heterocycles. The van der Waals surface area contributed by atoms with Gasteiger partial charge in [-0.2, -0.15) is 0 Å². The van der Waals surface area contributed by atoms with E-state index in [2.05, 4.69) is 4.99 Å². The van der Waals surface area contributed by atoms with Crippen LogP contribution in [0.25, 0.3) is 6.08 Å². The first-order valence-corrected chi connectivity index (χ1v) is 12.2. The SMILES string of the molecule is CCCC(=O)N=C1S/C(=C\c2ccc(OCc3ccccc3Cl)c(OC)c2)C(O)=C1C(=O)OCC. The molecule has 3 rings (SSSR count). The number of hydrogen-bond donors (Lipinski definition) is 1. The maximum atomic E-state index is 12.4. The number of benzene rings is 2. The van der Waals surface area contributed by atoms with Crippen molar-refractivity contribution in [1.82, 2.24) is 0 Å². The third-order valence-electron chi connectivity index (χ3n) is 4.89. The number of hydrogen-bond acceptors (Lipinski definition) is 7. The highest BCUT2D eigenvalue weighted by Gasteiger charge is 2.33. The van der Waals surface area contributed by atoms with E-state index in [1.807, 2.05) is 25.1 Å². The molecule has 0 saturated carbocycles. The van der Waals surface area contributed by atoms with E-state index in [1.54, 1.807) is 37.3 Å². The van der Waals surface area contributed by atoms with Crippen molar-refractivity contribution in [3.63, 3.8) is 0 Å². The van der Waals surface area contributed by atoms with Gasteiger partial charge < -0.3 is 19.3 Å². The molecule has 0 saturated heterocycles. The Balaban J connectivity index is 1.88. The molecule has 0 fully saturated rings. The summed E-state index contributed by atoms with van der Waals surface area (Å²) < 4.78 is 16.4. The number of thioether (sulfide) groups is 1. The molecule has 0 radical (unpaired) electrons. The molecule has 1 N–H and O–H groups in total. The standard InChI is InChI=1S/C26H26ClNO6S/c1-4-8-22(29)28-25-23(26(31)33-5-2)24(30)21(35-25)14-16-11-12-19(20(13-16)32-3)34-15-17-9-6-7-10-18(17)27/h6-7,9-14,30H,4-5,8,15H2,1-3H3/b21-14-,28-25?. The smallest absolute Gasteiger partial charge is 0.344 e. The van der Waals surface area contributed by atoms with Gasteiger partial charge >= 0.3 is 5.97 Å². The number of carbonyl (C=O) groups is 2. The van der Waals surface area contributed by atoms with Crippen molar-refractivity contribution in [2.24, 2.45) is 4.99 Å². The Morgan fingerprint density at radius 1 is 1.14 bits per heavy atom. The highest BCUT2D eigenvalue weighted by molar-refractivity contribution is 8.18. The minimum absolute atomic E-state index is 0.112. The Bertz CT molecular complexity index is 1200. The van der Waals surface area contributed by atoms with Gasteiger partial charge in [0.15, 0.2) is 11.5 Å². The van der Waals surface area contributed by atoms with E-state index in [4.69, 9.17) is 25.8 Å². The number of aliphatic hydroxyl groups is 1. The summed E-state index contributed by atoms with van der Waals surface area (Å²) in [5.74, 6) is -0.379. The van der Waals surface area contributed by atoms with E-state index >= 15 is 0 Å². The van der Waals surface area contributed by atoms with Crippen LogP contribution in [-0.2, 0) is 20.9 Å². The number of methoxy groups -OCH3 is 1. The monoisotopic (exact) mass is 515 g/mol. The van der Waals surface area contributed by atoms with Gasteiger partial charge in [-0.05, 0) is 43.2 Å². The highest BCUT2D eigenvalue weighted by atomic mass is 35.5. The number of amides is 1. The van der Waals surface area contributed by atoms with Crippen LogP contribution >= 0.6 is 23.4 Å². The van der Waals surface area contributed by atoms with Crippen molar-refractivity contribution in [2.75, 3.05) is 13.7 Å². The van der Waals surface area contributed by atoms with Gasteiger partial charge in [-0.25, -0.2) is 9.79 Å². The minimum atomic E-state index is -0.732. The van der Waals surface area contributed by atoms with Gasteiger partial charge in [0.25, 0.3) is 0 Å². The van der Waals surface area contributed by atoms with Gasteiger partial charge in [-0.1, -0.05) is 54.6 Å². The van der Waals surface area contributed by atoms with Crippen LogP contribution in [0.2, 0.25) is 5.02 Å². The summed E-state index contributed by atoms with van der Waals surface area (Å²) in [5.41, 5.74) is 1.42. The summed E-state index contributed by atoms with van der Waals surface area (Å²) in [6, 6.07) is 12.7. The number of aliphatic imine (C=N–C) groups is 1. The van der Waals surface area contributed by atoms with E-state index in [9.17, 15) is 14.7 Å². The average Bonchev–Trinajstić information content (AvgIpc) is 3.13. The maximum absolute atomic E-state index is 12.4. The second-order valence-corrected chi connectivity index (χ2v) is 8.84. The van der Waals surface area contributed by atoms with Crippen LogP contribution in [0.5, 0.6) is 11.5 Å². The van der Waals surface area contributed by atoms with Crippen LogP contribution in [0.1, 0.15) is 37.8 Å². The zero-order valence-electron chi connectivity index (χ0n) is 19.7. The summed E-state index contributed by atoms with van der Waals surface area (Å²) in [4.78, 5) is 28.9. The summed E-state index contributed by atoms with van der Waals surface area (Å²) >= 11 is 7.24. The number of aliphatic hydroxyl groups excluding tert-OH is 1. The number of esters is 1. The van der Waals surface area contributed by atoms with Crippen LogP contribution in [0.3, 0.4) is 0 Å². The molecular weight excluding hydrogens is 490 g/mol. The maximum Gasteiger partial charge on any atom is 0.344 e. The molecule has 1 heterocycles. The Morgan fingerprint density at radius 3 is 2.60 bits per heavy atom. The van der Waals surface area contributed by atoms with Crippen molar-refractivity contribution in [1.29, 1.82) is 0 Å². The molecule has 1 amide bonds. The Morgan fingerprint density at radius 2 is 1.91 bits per heavy atom. The molecule has 2 aromatic rings. The molecule has 1 aliphatic rings. The number of rotatable bonds is 9. The topological polar surface area (TPSA) is 94.4 Å². The third-order valence-corrected chi connectivity index (χ3v) is 6.28. The Hall–Kier alpha value is -3.23. The molecule has 2 aromatic carbocycles.